The minimum Gasteiger partial charge on any atom is -0.379 e. The topological polar surface area (TPSA) is 254 Å². The van der Waals surface area contributed by atoms with Crippen LogP contribution in [-0.4, -0.2) is 133 Å². The number of hydrogen-bond donors (Lipinski definition) is 2. The van der Waals surface area contributed by atoms with E-state index in [2.05, 4.69) is 15.5 Å². The van der Waals surface area contributed by atoms with Gasteiger partial charge in [-0.3, -0.25) is 37.9 Å². The number of nitriles is 1. The number of Topliss-reactive ketones (excluding diaryl/α,β-unsaturated/α-hetero) is 2. The van der Waals surface area contributed by atoms with Crippen molar-refractivity contribution < 1.29 is 56.0 Å². The van der Waals surface area contributed by atoms with Crippen molar-refractivity contribution in [1.29, 1.82) is 5.26 Å². The number of nitrogens with zero attached hydrogens (tertiary/aromatic N) is 4. The Hall–Kier alpha value is -7.90. The highest BCUT2D eigenvalue weighted by atomic mass is 32.2. The van der Waals surface area contributed by atoms with Crippen LogP contribution in [0.1, 0.15) is 87.3 Å². The molecule has 2 heterocycles. The molecule has 0 aliphatic carbocycles. The summed E-state index contributed by atoms with van der Waals surface area (Å²) in [7, 11) is -3.50. The lowest BCUT2D eigenvalue weighted by Gasteiger charge is -2.17. The number of benzene rings is 4. The minimum absolute atomic E-state index is 0.0341. The van der Waals surface area contributed by atoms with Crippen molar-refractivity contribution in [2.45, 2.75) is 85.8 Å². The van der Waals surface area contributed by atoms with Crippen molar-refractivity contribution in [3.05, 3.63) is 181 Å². The molecule has 6 aromatic rings. The summed E-state index contributed by atoms with van der Waals surface area (Å²) in [5.41, 5.74) is 3.25. The molecule has 0 saturated carbocycles. The van der Waals surface area contributed by atoms with Gasteiger partial charge < -0.3 is 39.1 Å². The molecule has 2 unspecified atom stereocenters. The van der Waals surface area contributed by atoms with Crippen LogP contribution in [0.2, 0.25) is 0 Å². The molecule has 2 atom stereocenters. The Morgan fingerprint density at radius 1 is 0.535 bits per heavy atom. The zero-order chi connectivity index (χ0) is 61.8. The summed E-state index contributed by atoms with van der Waals surface area (Å²) in [6.45, 7) is 18.1. The molecule has 0 fully saturated rings. The Bertz CT molecular complexity index is 3320. The molecule has 2 aromatic heterocycles. The summed E-state index contributed by atoms with van der Waals surface area (Å²) < 4.78 is 63.9. The Balaban J connectivity index is 0.747. The van der Waals surface area contributed by atoms with Gasteiger partial charge in [-0.15, -0.1) is 0 Å². The average molecular weight is 1210 g/mol. The molecular formula is C64H72N6O14S2. The highest BCUT2D eigenvalue weighted by molar-refractivity contribution is 7.85. The largest absolute Gasteiger partial charge is 0.379 e. The molecule has 2 amide bonds. The van der Waals surface area contributed by atoms with E-state index < -0.39 is 44.4 Å². The summed E-state index contributed by atoms with van der Waals surface area (Å²) >= 11 is 0. The first kappa shape index (κ1) is 67.2. The molecular weight excluding hydrogens is 1140 g/mol. The quantitative estimate of drug-likeness (QED) is 0.0215. The molecule has 2 N–H and O–H groups in total. The van der Waals surface area contributed by atoms with Crippen LogP contribution in [0.3, 0.4) is 0 Å². The van der Waals surface area contributed by atoms with E-state index in [-0.39, 0.29) is 119 Å². The first-order valence-electron chi connectivity index (χ1n) is 28.2. The number of hydrogen-bond acceptors (Lipinski definition) is 15. The maximum absolute atomic E-state index is 13.8. The number of rotatable bonds is 37. The van der Waals surface area contributed by atoms with Crippen LogP contribution in [0.25, 0.3) is 16.2 Å². The predicted octanol–water partition coefficient (Wildman–Crippen LogP) is 7.72. The summed E-state index contributed by atoms with van der Waals surface area (Å²) in [6, 6.07) is 32.0. The Kier molecular flexibility index (Phi) is 27.8. The van der Waals surface area contributed by atoms with Gasteiger partial charge in [0.1, 0.15) is 11.3 Å². The molecule has 22 heteroatoms. The maximum Gasteiger partial charge on any atom is 0.268 e. The number of aromatic nitrogens is 2. The second-order valence-electron chi connectivity index (χ2n) is 19.7. The SMILES string of the molecule is [C-]#[N+]c1ccc(S(=O)c2cc(C(=O)NCCOCCOCCOCCNC(=O)CCC(=O)CCCOCCOCCOCCCC(=O)c3cc(S(=O)c4ccc(C#N)cc4)c(C)n(-c4cccc(C)c4)c3=O)c(=O)n(-c3cccc(C)c3)c2C)cc1. The van der Waals surface area contributed by atoms with Crippen LogP contribution < -0.4 is 21.8 Å². The fourth-order valence-corrected chi connectivity index (χ4v) is 11.2. The van der Waals surface area contributed by atoms with Gasteiger partial charge in [-0.2, -0.15) is 5.26 Å². The Morgan fingerprint density at radius 3 is 1.47 bits per heavy atom. The van der Waals surface area contributed by atoms with Gasteiger partial charge in [0.25, 0.3) is 17.0 Å². The van der Waals surface area contributed by atoms with Gasteiger partial charge in [0.15, 0.2) is 11.5 Å². The van der Waals surface area contributed by atoms with Gasteiger partial charge in [-0.1, -0.05) is 48.5 Å². The first-order valence-corrected chi connectivity index (χ1v) is 30.5. The van der Waals surface area contributed by atoms with Gasteiger partial charge in [0, 0.05) is 84.5 Å². The van der Waals surface area contributed by atoms with E-state index in [0.29, 0.717) is 88.0 Å². The van der Waals surface area contributed by atoms with Crippen LogP contribution in [0.15, 0.2) is 138 Å². The summed E-state index contributed by atoms with van der Waals surface area (Å²) in [5.74, 6) is -1.34. The van der Waals surface area contributed by atoms with Gasteiger partial charge in [-0.25, -0.2) is 13.3 Å². The van der Waals surface area contributed by atoms with Crippen molar-refractivity contribution in [1.82, 2.24) is 19.8 Å². The molecule has 86 heavy (non-hydrogen) atoms. The predicted molar refractivity (Wildman–Crippen MR) is 324 cm³/mol. The molecule has 0 radical (unpaired) electrons. The number of ether oxygens (including phenoxy) is 6. The zero-order valence-electron chi connectivity index (χ0n) is 48.9. The number of carbonyl (C=O) groups is 4. The molecule has 0 saturated heterocycles. The van der Waals surface area contributed by atoms with Crippen molar-refractivity contribution in [3.63, 3.8) is 0 Å². The second kappa shape index (κ2) is 35.5. The molecule has 20 nitrogen and oxygen atoms in total. The van der Waals surface area contributed by atoms with E-state index in [1.807, 2.05) is 44.2 Å². The fourth-order valence-electron chi connectivity index (χ4n) is 8.79. The fraction of sp³-hybridized carbons (Fsp3) is 0.375. The van der Waals surface area contributed by atoms with Crippen LogP contribution in [0.4, 0.5) is 5.69 Å². The van der Waals surface area contributed by atoms with E-state index in [4.69, 9.17) is 35.0 Å². The van der Waals surface area contributed by atoms with E-state index in [1.165, 1.54) is 21.3 Å². The highest BCUT2D eigenvalue weighted by Crippen LogP contribution is 2.26. The summed E-state index contributed by atoms with van der Waals surface area (Å²) in [6.07, 6.45) is 1.35. The molecule has 0 bridgehead atoms. The van der Waals surface area contributed by atoms with Gasteiger partial charge >= 0.3 is 0 Å². The van der Waals surface area contributed by atoms with E-state index >= 15 is 0 Å². The summed E-state index contributed by atoms with van der Waals surface area (Å²) in [5, 5.41) is 14.7. The lowest BCUT2D eigenvalue weighted by Crippen LogP contribution is -2.35. The van der Waals surface area contributed by atoms with Gasteiger partial charge in [0.2, 0.25) is 5.91 Å². The van der Waals surface area contributed by atoms with Crippen molar-refractivity contribution >= 4 is 50.7 Å². The third-order valence-electron chi connectivity index (χ3n) is 13.3. The number of nitrogens with one attached hydrogen (secondary N) is 2. The Morgan fingerprint density at radius 2 is 0.977 bits per heavy atom. The molecule has 4 aromatic carbocycles. The lowest BCUT2D eigenvalue weighted by molar-refractivity contribution is -0.125. The first-order chi connectivity index (χ1) is 41.6. The lowest BCUT2D eigenvalue weighted by atomic mass is 10.1. The summed E-state index contributed by atoms with van der Waals surface area (Å²) in [4.78, 5) is 83.9. The number of aryl methyl sites for hydroxylation is 2. The molecule has 6 rings (SSSR count). The number of pyridine rings is 2. The van der Waals surface area contributed by atoms with E-state index in [1.54, 1.807) is 86.6 Å². The normalized spacial score (nSPS) is 11.8. The molecule has 0 spiro atoms. The third kappa shape index (κ3) is 20.4. The van der Waals surface area contributed by atoms with E-state index in [0.717, 1.165) is 11.1 Å². The average Bonchev–Trinajstić information content (AvgIpc) is 1.23. The van der Waals surface area contributed by atoms with Crippen LogP contribution >= 0.6 is 0 Å². The standard InChI is InChI=1S/C64H72N6O14S2/c1-45-10-6-12-51(40-45)69-47(3)59(85(77)54-21-16-49(44-65)17-22-54)42-56(63(69)75)58(72)15-9-29-80-33-37-83-36-32-79-28-8-14-53(71)20-25-61(73)67-26-30-81-34-38-84-39-35-82-31-27-68-62(74)57-43-60(86(78)55-23-18-50(66-5)19-24-55)48(4)70(64(57)76)52-13-7-11-46(2)41-52/h6-7,10-13,16-19,21-24,40-43H,8-9,14-15,20,25-39H2,1-4H3,(H,67,73)(H,68,74). The maximum atomic E-state index is 13.8. The smallest absolute Gasteiger partial charge is 0.268 e. The third-order valence-corrected chi connectivity index (χ3v) is 16.3. The number of carbonyl (C=O) groups excluding carboxylic acids is 4. The Labute approximate surface area is 505 Å². The van der Waals surface area contributed by atoms with E-state index in [9.17, 15) is 42.4 Å². The van der Waals surface area contributed by atoms with Crippen molar-refractivity contribution in [2.24, 2.45) is 0 Å². The second-order valence-corrected chi connectivity index (χ2v) is 22.6. The van der Waals surface area contributed by atoms with Crippen LogP contribution in [0, 0.1) is 45.6 Å². The highest BCUT2D eigenvalue weighted by Gasteiger charge is 2.24. The number of amides is 2. The number of ketones is 2. The molecule has 0 aliphatic heterocycles. The molecule has 454 valence electrons. The van der Waals surface area contributed by atoms with Crippen molar-refractivity contribution in [2.75, 3.05) is 92.4 Å². The minimum atomic E-state index is -1.76. The van der Waals surface area contributed by atoms with Crippen molar-refractivity contribution in [3.8, 4) is 17.4 Å². The van der Waals surface area contributed by atoms with Gasteiger partial charge in [0.05, 0.1) is 121 Å². The van der Waals surface area contributed by atoms with Gasteiger partial charge in [-0.05, 0) is 112 Å². The zero-order valence-corrected chi connectivity index (χ0v) is 50.5. The van der Waals surface area contributed by atoms with Crippen LogP contribution in [-0.2, 0) is 59.6 Å². The molecule has 0 aliphatic rings. The van der Waals surface area contributed by atoms with Crippen LogP contribution in [0.5, 0.6) is 0 Å². The monoisotopic (exact) mass is 1210 g/mol.